The number of hydrogen-bond donors (Lipinski definition) is 1. The summed E-state index contributed by atoms with van der Waals surface area (Å²) in [5.41, 5.74) is 7.57. The number of hydrogen-bond acceptors (Lipinski definition) is 8. The van der Waals surface area contributed by atoms with Crippen LogP contribution in [0.3, 0.4) is 0 Å². The van der Waals surface area contributed by atoms with Crippen molar-refractivity contribution in [1.29, 1.82) is 0 Å². The number of halogens is 2. The number of nitrogens with zero attached hydrogens (tertiary/aromatic N) is 6. The van der Waals surface area contributed by atoms with Gasteiger partial charge in [0, 0.05) is 37.1 Å². The predicted octanol–water partition coefficient (Wildman–Crippen LogP) is 3.13. The molecule has 2 N–H and O–H groups in total. The summed E-state index contributed by atoms with van der Waals surface area (Å²) < 4.78 is 41.7. The van der Waals surface area contributed by atoms with Crippen molar-refractivity contribution in [1.82, 2.24) is 29.9 Å². The molecule has 0 aliphatic carbocycles. The average molecular weight is 532 g/mol. The summed E-state index contributed by atoms with van der Waals surface area (Å²) in [5.74, 6) is 2.83. The first-order chi connectivity index (χ1) is 18.9. The summed E-state index contributed by atoms with van der Waals surface area (Å²) in [6.45, 7) is 4.43. The van der Waals surface area contributed by atoms with Crippen LogP contribution in [0, 0.1) is 23.5 Å². The fourth-order valence-electron chi connectivity index (χ4n) is 4.57. The maximum atomic E-state index is 15.0. The number of carbonyl (C=O) groups is 1. The van der Waals surface area contributed by atoms with E-state index in [9.17, 15) is 13.6 Å². The highest BCUT2D eigenvalue weighted by Gasteiger charge is 2.30. The molecule has 3 aromatic heterocycles. The molecule has 5 rings (SSSR count). The highest BCUT2D eigenvalue weighted by atomic mass is 19.1. The summed E-state index contributed by atoms with van der Waals surface area (Å²) in [6, 6.07) is 4.35. The van der Waals surface area contributed by atoms with Crippen molar-refractivity contribution in [3.8, 4) is 34.6 Å². The van der Waals surface area contributed by atoms with Crippen molar-refractivity contribution in [2.24, 2.45) is 0 Å². The number of nitrogens with two attached hydrogens (primary N) is 1. The maximum Gasteiger partial charge on any atom is 0.246 e. The number of likely N-dealkylation sites (tertiary alicyclic amines) is 1. The van der Waals surface area contributed by atoms with Gasteiger partial charge in [0.05, 0.1) is 36.9 Å². The van der Waals surface area contributed by atoms with Crippen LogP contribution in [0.15, 0.2) is 43.2 Å². The number of amides is 1. The van der Waals surface area contributed by atoms with E-state index in [1.165, 1.54) is 20.3 Å². The zero-order chi connectivity index (χ0) is 27.7. The van der Waals surface area contributed by atoms with Crippen LogP contribution in [-0.2, 0) is 4.79 Å². The summed E-state index contributed by atoms with van der Waals surface area (Å²) in [5, 5.41) is 13.3. The van der Waals surface area contributed by atoms with Gasteiger partial charge in [0.15, 0.2) is 23.1 Å². The third-order valence-electron chi connectivity index (χ3n) is 6.48. The molecule has 39 heavy (non-hydrogen) atoms. The van der Waals surface area contributed by atoms with Gasteiger partial charge in [-0.3, -0.25) is 9.48 Å². The first-order valence-electron chi connectivity index (χ1n) is 11.9. The number of ether oxygens (including phenoxy) is 2. The summed E-state index contributed by atoms with van der Waals surface area (Å²) in [4.78, 5) is 18.2. The van der Waals surface area contributed by atoms with Gasteiger partial charge >= 0.3 is 0 Å². The zero-order valence-electron chi connectivity index (χ0n) is 21.1. The van der Waals surface area contributed by atoms with Crippen LogP contribution < -0.4 is 15.2 Å². The Labute approximate surface area is 222 Å². The van der Waals surface area contributed by atoms with Gasteiger partial charge in [0.1, 0.15) is 17.1 Å². The van der Waals surface area contributed by atoms with Crippen LogP contribution in [-0.4, -0.2) is 63.1 Å². The van der Waals surface area contributed by atoms with Crippen LogP contribution in [0.1, 0.15) is 23.7 Å². The van der Waals surface area contributed by atoms with Crippen molar-refractivity contribution in [3.63, 3.8) is 0 Å². The molecule has 1 aliphatic rings. The SMILES string of the molecule is C=CC(=O)N1CC[C@H](n2nc(C#Cc3c(F)c(OC)cc(OC)c3F)c3c(N)ncc(-c4cccnn4)c32)C1. The molecule has 1 saturated heterocycles. The summed E-state index contributed by atoms with van der Waals surface area (Å²) in [6.07, 6.45) is 4.96. The minimum Gasteiger partial charge on any atom is -0.493 e. The molecule has 198 valence electrons. The molecule has 1 fully saturated rings. The fourth-order valence-corrected chi connectivity index (χ4v) is 4.57. The van der Waals surface area contributed by atoms with Gasteiger partial charge < -0.3 is 20.1 Å². The molecule has 1 aliphatic heterocycles. The molecule has 4 aromatic rings. The van der Waals surface area contributed by atoms with Gasteiger partial charge in [-0.1, -0.05) is 12.5 Å². The highest BCUT2D eigenvalue weighted by molar-refractivity contribution is 6.01. The summed E-state index contributed by atoms with van der Waals surface area (Å²) >= 11 is 0. The molecule has 0 unspecified atom stereocenters. The number of methoxy groups -OCH3 is 2. The van der Waals surface area contributed by atoms with E-state index in [-0.39, 0.29) is 35.0 Å². The zero-order valence-corrected chi connectivity index (χ0v) is 21.1. The van der Waals surface area contributed by atoms with E-state index in [0.29, 0.717) is 41.7 Å². The van der Waals surface area contributed by atoms with E-state index in [2.05, 4.69) is 33.6 Å². The third-order valence-corrected chi connectivity index (χ3v) is 6.48. The Balaban J connectivity index is 1.73. The van der Waals surface area contributed by atoms with Crippen molar-refractivity contribution in [3.05, 3.63) is 66.1 Å². The molecule has 1 atom stereocenters. The molecule has 0 spiro atoms. The number of nitrogen functional groups attached to an aromatic ring is 1. The van der Waals surface area contributed by atoms with Crippen LogP contribution in [0.4, 0.5) is 14.6 Å². The van der Waals surface area contributed by atoms with E-state index in [1.54, 1.807) is 34.1 Å². The van der Waals surface area contributed by atoms with Crippen LogP contribution >= 0.6 is 0 Å². The van der Waals surface area contributed by atoms with Gasteiger partial charge in [-0.2, -0.15) is 15.3 Å². The van der Waals surface area contributed by atoms with E-state index in [4.69, 9.17) is 20.3 Å². The maximum absolute atomic E-state index is 15.0. The molecule has 0 saturated carbocycles. The third kappa shape index (κ3) is 4.48. The van der Waals surface area contributed by atoms with Gasteiger partial charge in [-0.25, -0.2) is 13.8 Å². The molecular formula is C27H23F2N7O3. The monoisotopic (exact) mass is 531 g/mol. The smallest absolute Gasteiger partial charge is 0.246 e. The van der Waals surface area contributed by atoms with Crippen molar-refractivity contribution >= 4 is 22.6 Å². The first kappa shape index (κ1) is 25.6. The van der Waals surface area contributed by atoms with E-state index < -0.39 is 17.2 Å². The quantitative estimate of drug-likeness (QED) is 0.308. The molecule has 12 heteroatoms. The number of benzene rings is 1. The molecule has 0 bridgehead atoms. The Kier molecular flexibility index (Phi) is 6.81. The van der Waals surface area contributed by atoms with Crippen molar-refractivity contribution < 1.29 is 23.0 Å². The molecule has 1 amide bonds. The molecule has 1 aromatic carbocycles. The fraction of sp³-hybridized carbons (Fsp3) is 0.222. The number of pyridine rings is 1. The van der Waals surface area contributed by atoms with Gasteiger partial charge in [0.25, 0.3) is 0 Å². The highest BCUT2D eigenvalue weighted by Crippen LogP contribution is 2.36. The predicted molar refractivity (Wildman–Crippen MR) is 139 cm³/mol. The van der Waals surface area contributed by atoms with Crippen LogP contribution in [0.5, 0.6) is 11.5 Å². The lowest BCUT2D eigenvalue weighted by atomic mass is 10.1. The Bertz CT molecular complexity index is 1630. The van der Waals surface area contributed by atoms with Gasteiger partial charge in [-0.15, -0.1) is 0 Å². The molecule has 4 heterocycles. The number of carbonyl (C=O) groups excluding carboxylic acids is 1. The van der Waals surface area contributed by atoms with E-state index >= 15 is 0 Å². The lowest BCUT2D eigenvalue weighted by molar-refractivity contribution is -0.125. The lowest BCUT2D eigenvalue weighted by Gasteiger charge is -2.16. The first-order valence-corrected chi connectivity index (χ1v) is 11.9. The Morgan fingerprint density at radius 2 is 1.97 bits per heavy atom. The average Bonchev–Trinajstić information content (AvgIpc) is 3.59. The van der Waals surface area contributed by atoms with E-state index in [0.717, 1.165) is 6.07 Å². The minimum atomic E-state index is -0.979. The standard InChI is InChI=1S/C27H23F2N7O3/c1-4-22(37)35-11-9-15(14-35)36-26-17(18-6-5-10-32-33-18)13-31-27(30)23(26)19(34-36)8-7-16-24(28)20(38-2)12-21(39-3)25(16)29/h4-6,10,12-13,15H,1,9,11,14H2,2-3H3,(H2,30,31)/t15-/m0/s1. The Morgan fingerprint density at radius 1 is 1.23 bits per heavy atom. The second-order valence-corrected chi connectivity index (χ2v) is 8.65. The van der Waals surface area contributed by atoms with Crippen LogP contribution in [0.2, 0.25) is 0 Å². The number of rotatable bonds is 5. The van der Waals surface area contributed by atoms with Crippen molar-refractivity contribution in [2.75, 3.05) is 33.0 Å². The number of anilines is 1. The van der Waals surface area contributed by atoms with Crippen molar-refractivity contribution in [2.45, 2.75) is 12.5 Å². The summed E-state index contributed by atoms with van der Waals surface area (Å²) in [7, 11) is 2.51. The second-order valence-electron chi connectivity index (χ2n) is 8.65. The lowest BCUT2D eigenvalue weighted by Crippen LogP contribution is -2.27. The molecule has 0 radical (unpaired) electrons. The normalized spacial score (nSPS) is 14.7. The minimum absolute atomic E-state index is 0.120. The number of fused-ring (bicyclic) bond motifs is 1. The number of aromatic nitrogens is 5. The second kappa shape index (κ2) is 10.4. The molecule has 10 nitrogen and oxygen atoms in total. The van der Waals surface area contributed by atoms with Crippen LogP contribution in [0.25, 0.3) is 22.2 Å². The topological polar surface area (TPSA) is 121 Å². The molecular weight excluding hydrogens is 508 g/mol. The Hall–Kier alpha value is -5.05. The Morgan fingerprint density at radius 3 is 2.62 bits per heavy atom. The van der Waals surface area contributed by atoms with Gasteiger partial charge in [0.2, 0.25) is 5.91 Å². The largest absolute Gasteiger partial charge is 0.493 e. The van der Waals surface area contributed by atoms with E-state index in [1.807, 2.05) is 0 Å². The van der Waals surface area contributed by atoms with Gasteiger partial charge in [-0.05, 0) is 30.6 Å².